The molecule has 30 nitrogen and oxygen atoms in total. The molecule has 0 saturated heterocycles. The van der Waals surface area contributed by atoms with E-state index in [1.165, 1.54) is 0 Å². The summed E-state index contributed by atoms with van der Waals surface area (Å²) >= 11 is 0. The quantitative estimate of drug-likeness (QED) is 0.0235. The van der Waals surface area contributed by atoms with Crippen molar-refractivity contribution in [3.05, 3.63) is 0 Å². The van der Waals surface area contributed by atoms with Crippen molar-refractivity contribution >= 4 is 38.9 Å². The van der Waals surface area contributed by atoms with E-state index in [1.54, 1.807) is 14.1 Å². The Morgan fingerprint density at radius 2 is 0.775 bits per heavy atom. The SMILES string of the molecule is CCCOCCC(CO)OP(=O)(O)OCCCOCC(COCCCOP(=O)(O)OC(CO)CCOCNC)(COCCCOP(=O)(O)OC(CO)CCOCNC)COP(=O)(O)OCCOP(C)(=O)O. The average Bonchev–Trinajstić information content (AvgIpc) is 3.30. The fourth-order valence-electron chi connectivity index (χ4n) is 5.18. The zero-order chi connectivity index (χ0) is 53.6. The second-order valence-electron chi connectivity index (χ2n) is 15.4. The van der Waals surface area contributed by atoms with E-state index in [0.29, 0.717) is 6.61 Å². The van der Waals surface area contributed by atoms with Crippen LogP contribution in [0.15, 0.2) is 0 Å². The van der Waals surface area contributed by atoms with Gasteiger partial charge in [-0.15, -0.1) is 0 Å². The average molecular weight is 1140 g/mol. The second kappa shape index (κ2) is 41.3. The van der Waals surface area contributed by atoms with Gasteiger partial charge in [-0.3, -0.25) is 51.4 Å². The predicted molar refractivity (Wildman–Crippen MR) is 250 cm³/mol. The van der Waals surface area contributed by atoms with Crippen LogP contribution in [0.1, 0.15) is 51.9 Å². The summed E-state index contributed by atoms with van der Waals surface area (Å²) in [5.41, 5.74) is -1.51. The lowest BCUT2D eigenvalue weighted by Crippen LogP contribution is -2.42. The molecule has 0 aliphatic carbocycles. The highest BCUT2D eigenvalue weighted by atomic mass is 31.2. The number of hydrogen-bond donors (Lipinski definition) is 10. The van der Waals surface area contributed by atoms with Crippen molar-refractivity contribution in [2.75, 3.05) is 160 Å². The summed E-state index contributed by atoms with van der Waals surface area (Å²) in [7, 11) is -19.5. The van der Waals surface area contributed by atoms with Gasteiger partial charge in [0.25, 0.3) is 0 Å². The number of nitrogens with one attached hydrogen (secondary N) is 2. The van der Waals surface area contributed by atoms with Crippen molar-refractivity contribution in [1.29, 1.82) is 0 Å². The Morgan fingerprint density at radius 1 is 0.423 bits per heavy atom. The van der Waals surface area contributed by atoms with Crippen molar-refractivity contribution in [1.82, 2.24) is 10.6 Å². The maximum Gasteiger partial charge on any atom is 0.472 e. The van der Waals surface area contributed by atoms with Gasteiger partial charge in [-0.25, -0.2) is 18.3 Å². The number of ether oxygens (including phenoxy) is 6. The Bertz CT molecular complexity index is 1430. The molecule has 0 amide bonds. The molecule has 0 rings (SSSR count). The van der Waals surface area contributed by atoms with Crippen molar-refractivity contribution in [2.24, 2.45) is 5.41 Å². The minimum absolute atomic E-state index is 0.00875. The fraction of sp³-hybridized carbons (Fsp3) is 1.00. The van der Waals surface area contributed by atoms with Crippen LogP contribution in [0.4, 0.5) is 0 Å². The Balaban J connectivity index is 5.99. The first-order valence-corrected chi connectivity index (χ1v) is 30.6. The van der Waals surface area contributed by atoms with E-state index in [4.69, 9.17) is 64.6 Å². The molecule has 8 atom stereocenters. The first kappa shape index (κ1) is 71.2. The first-order chi connectivity index (χ1) is 33.5. The van der Waals surface area contributed by atoms with Gasteiger partial charge in [0.15, 0.2) is 0 Å². The lowest BCUT2D eigenvalue weighted by atomic mass is 9.92. The standard InChI is InChI=1S/C36H81N2O28P5/c1-5-12-52-19-9-33(24-39)64-69(46,47)59-16-6-13-53-27-36(30-63-68(44,45)62-23-22-58-67(4,42)43,28-54-14-7-17-60-70(48,49)65-34(25-40)10-20-56-31-37-2)29-55-15-8-18-61-71(50,51)66-35(26-41)11-21-57-32-38-3/h33-35,37-41H,5-32H2,1-4H3,(H,42,43)(H,44,45)(H,46,47)(H,48,49)(H,50,51). The lowest BCUT2D eigenvalue weighted by Gasteiger charge is -2.33. The molecule has 0 radical (unpaired) electrons. The van der Waals surface area contributed by atoms with E-state index in [1.807, 2.05) is 6.92 Å². The molecule has 8 unspecified atom stereocenters. The van der Waals surface area contributed by atoms with Crippen LogP contribution < -0.4 is 10.6 Å². The topological polar surface area (TPSA) is 410 Å². The van der Waals surface area contributed by atoms with Gasteiger partial charge in [-0.05, 0) is 59.0 Å². The molecule has 0 aromatic heterocycles. The van der Waals surface area contributed by atoms with Gasteiger partial charge in [0, 0.05) is 39.7 Å². The molecule has 0 fully saturated rings. The predicted octanol–water partition coefficient (Wildman–Crippen LogP) is 1.63. The smallest absolute Gasteiger partial charge is 0.394 e. The van der Waals surface area contributed by atoms with Crippen LogP contribution in [0.5, 0.6) is 0 Å². The van der Waals surface area contributed by atoms with Crippen LogP contribution in [-0.4, -0.2) is 218 Å². The van der Waals surface area contributed by atoms with E-state index >= 15 is 0 Å². The number of hydrogen-bond acceptors (Lipinski definition) is 25. The molecule has 0 aliphatic rings. The molecule has 0 aliphatic heterocycles. The fourth-order valence-corrected chi connectivity index (χ4v) is 9.32. The third-order valence-corrected chi connectivity index (χ3v) is 13.4. The van der Waals surface area contributed by atoms with Crippen molar-refractivity contribution < 1.29 is 132 Å². The number of rotatable bonds is 53. The summed E-state index contributed by atoms with van der Waals surface area (Å²) in [4.78, 5) is 50.5. The molecular formula is C36H81N2O28P5. The van der Waals surface area contributed by atoms with Crippen LogP contribution in [-0.2, 0) is 92.0 Å². The van der Waals surface area contributed by atoms with Gasteiger partial charge in [0.05, 0.1) is 130 Å². The molecule has 0 spiro atoms. The molecule has 428 valence electrons. The maximum absolute atomic E-state index is 13.0. The summed E-state index contributed by atoms with van der Waals surface area (Å²) < 4.78 is 141. The molecule has 0 bridgehead atoms. The van der Waals surface area contributed by atoms with E-state index < -0.39 is 102 Å². The molecule has 10 N–H and O–H groups in total. The van der Waals surface area contributed by atoms with Crippen LogP contribution in [0, 0.1) is 5.41 Å². The van der Waals surface area contributed by atoms with Gasteiger partial charge < -0.3 is 72.7 Å². The molecule has 0 saturated carbocycles. The number of phosphoric ester groups is 4. The zero-order valence-corrected chi connectivity index (χ0v) is 45.5. The normalized spacial score (nSPS) is 18.6. The summed E-state index contributed by atoms with van der Waals surface area (Å²) in [5.74, 6) is 0. The van der Waals surface area contributed by atoms with Gasteiger partial charge >= 0.3 is 38.9 Å². The molecule has 0 aromatic carbocycles. The lowest BCUT2D eigenvalue weighted by molar-refractivity contribution is -0.0946. The molecular weight excluding hydrogens is 1060 g/mol. The summed E-state index contributed by atoms with van der Waals surface area (Å²) in [5, 5.41) is 34.2. The number of aliphatic hydroxyl groups excluding tert-OH is 3. The second-order valence-corrected chi connectivity index (χ2v) is 22.9. The molecule has 35 heteroatoms. The van der Waals surface area contributed by atoms with Gasteiger partial charge in [0.1, 0.15) is 0 Å². The summed E-state index contributed by atoms with van der Waals surface area (Å²) in [6, 6.07) is 0. The highest BCUT2D eigenvalue weighted by molar-refractivity contribution is 7.52. The van der Waals surface area contributed by atoms with Gasteiger partial charge in [-0.1, -0.05) is 6.92 Å². The van der Waals surface area contributed by atoms with E-state index in [9.17, 15) is 62.6 Å². The monoisotopic (exact) mass is 1140 g/mol. The van der Waals surface area contributed by atoms with Crippen molar-refractivity contribution in [3.63, 3.8) is 0 Å². The highest BCUT2D eigenvalue weighted by Gasteiger charge is 2.37. The summed E-state index contributed by atoms with van der Waals surface area (Å²) in [6.07, 6.45) is -2.18. The van der Waals surface area contributed by atoms with Gasteiger partial charge in [0.2, 0.25) is 0 Å². The van der Waals surface area contributed by atoms with E-state index in [0.717, 1.165) is 13.1 Å². The molecule has 71 heavy (non-hydrogen) atoms. The Morgan fingerprint density at radius 3 is 1.11 bits per heavy atom. The zero-order valence-electron chi connectivity index (χ0n) is 41.0. The van der Waals surface area contributed by atoms with E-state index in [2.05, 4.69) is 15.2 Å². The third-order valence-electron chi connectivity index (χ3n) is 8.54. The maximum atomic E-state index is 13.0. The number of aliphatic hydroxyl groups is 3. The van der Waals surface area contributed by atoms with E-state index in [-0.39, 0.29) is 131 Å². The van der Waals surface area contributed by atoms with Crippen LogP contribution in [0.3, 0.4) is 0 Å². The minimum Gasteiger partial charge on any atom is -0.394 e. The Kier molecular flexibility index (Phi) is 41.4. The third kappa shape index (κ3) is 41.9. The van der Waals surface area contributed by atoms with Crippen LogP contribution in [0.25, 0.3) is 0 Å². The highest BCUT2D eigenvalue weighted by Crippen LogP contribution is 2.48. The Hall–Kier alpha value is 0.150. The minimum atomic E-state index is -4.93. The molecule has 0 heterocycles. The molecule has 0 aromatic rings. The number of phosphoric acid groups is 4. The first-order valence-electron chi connectivity index (χ1n) is 22.6. The van der Waals surface area contributed by atoms with Crippen molar-refractivity contribution in [2.45, 2.75) is 70.2 Å². The van der Waals surface area contributed by atoms with Crippen molar-refractivity contribution in [3.8, 4) is 0 Å². The van der Waals surface area contributed by atoms with Crippen LogP contribution >= 0.6 is 38.9 Å². The largest absolute Gasteiger partial charge is 0.472 e. The Labute approximate surface area is 415 Å². The summed E-state index contributed by atoms with van der Waals surface area (Å²) in [6.45, 7) is -2.29. The van der Waals surface area contributed by atoms with Crippen LogP contribution in [0.2, 0.25) is 0 Å². The van der Waals surface area contributed by atoms with Gasteiger partial charge in [-0.2, -0.15) is 0 Å².